The highest BCUT2D eigenvalue weighted by atomic mass is 19.4. The molecule has 1 rings (SSSR count). The number of likely N-dealkylation sites (N-methyl/N-ethyl adjacent to an activating group) is 2. The minimum absolute atomic E-state index is 0.00847. The predicted molar refractivity (Wildman–Crippen MR) is 69.5 cm³/mol. The van der Waals surface area contributed by atoms with E-state index in [1.165, 1.54) is 4.90 Å². The fraction of sp³-hybridized carbons (Fsp3) is 0.462. The lowest BCUT2D eigenvalue weighted by Crippen LogP contribution is -2.40. The van der Waals surface area contributed by atoms with Gasteiger partial charge < -0.3 is 10.2 Å². The summed E-state index contributed by atoms with van der Waals surface area (Å²) in [6, 6.07) is 1.80. The summed E-state index contributed by atoms with van der Waals surface area (Å²) in [6.45, 7) is 3.97. The molecule has 2 amide bonds. The third-order valence-corrected chi connectivity index (χ3v) is 2.68. The van der Waals surface area contributed by atoms with Crippen molar-refractivity contribution < 1.29 is 22.8 Å². The van der Waals surface area contributed by atoms with E-state index in [9.17, 15) is 22.8 Å². The first-order chi connectivity index (χ1) is 9.79. The average Bonchev–Trinajstić information content (AvgIpc) is 2.43. The lowest BCUT2D eigenvalue weighted by molar-refractivity contribution is -0.141. The second-order valence-electron chi connectivity index (χ2n) is 4.20. The quantitative estimate of drug-likeness (QED) is 0.900. The van der Waals surface area contributed by atoms with Crippen molar-refractivity contribution >= 4 is 11.8 Å². The number of nitrogens with one attached hydrogen (secondary N) is 1. The highest BCUT2D eigenvalue weighted by molar-refractivity contribution is 5.96. The SMILES string of the molecule is CCNC(=O)CN(CC)C(=O)c1ccc(C(F)(F)F)nc1. The summed E-state index contributed by atoms with van der Waals surface area (Å²) in [5.74, 6) is -0.863. The smallest absolute Gasteiger partial charge is 0.355 e. The van der Waals surface area contributed by atoms with Crippen LogP contribution in [0.5, 0.6) is 0 Å². The average molecular weight is 303 g/mol. The van der Waals surface area contributed by atoms with Gasteiger partial charge in [0.15, 0.2) is 0 Å². The van der Waals surface area contributed by atoms with Crippen LogP contribution in [0, 0.1) is 0 Å². The van der Waals surface area contributed by atoms with Gasteiger partial charge in [0.1, 0.15) is 5.69 Å². The van der Waals surface area contributed by atoms with E-state index in [1.807, 2.05) is 0 Å². The zero-order valence-corrected chi connectivity index (χ0v) is 11.7. The number of hydrogen-bond acceptors (Lipinski definition) is 3. The van der Waals surface area contributed by atoms with E-state index in [1.54, 1.807) is 13.8 Å². The summed E-state index contributed by atoms with van der Waals surface area (Å²) in [4.78, 5) is 28.0. The number of pyridine rings is 1. The van der Waals surface area contributed by atoms with Crippen LogP contribution < -0.4 is 5.32 Å². The van der Waals surface area contributed by atoms with Crippen LogP contribution in [-0.4, -0.2) is 41.3 Å². The predicted octanol–water partition coefficient (Wildman–Crippen LogP) is 1.70. The normalized spacial score (nSPS) is 11.1. The number of halogens is 3. The number of carbonyl (C=O) groups excluding carboxylic acids is 2. The van der Waals surface area contributed by atoms with Gasteiger partial charge in [0, 0.05) is 19.3 Å². The first-order valence-corrected chi connectivity index (χ1v) is 6.38. The van der Waals surface area contributed by atoms with Gasteiger partial charge >= 0.3 is 6.18 Å². The van der Waals surface area contributed by atoms with Gasteiger partial charge in [0.05, 0.1) is 12.1 Å². The first-order valence-electron chi connectivity index (χ1n) is 6.38. The van der Waals surface area contributed by atoms with Crippen LogP contribution in [0.1, 0.15) is 29.9 Å². The molecule has 0 bridgehead atoms. The van der Waals surface area contributed by atoms with E-state index in [0.29, 0.717) is 6.54 Å². The maximum Gasteiger partial charge on any atom is 0.433 e. The molecule has 1 aromatic rings. The Hall–Kier alpha value is -2.12. The van der Waals surface area contributed by atoms with Crippen molar-refractivity contribution in [2.75, 3.05) is 19.6 Å². The zero-order valence-electron chi connectivity index (χ0n) is 11.7. The lowest BCUT2D eigenvalue weighted by atomic mass is 10.2. The molecule has 0 saturated heterocycles. The maximum absolute atomic E-state index is 12.4. The van der Waals surface area contributed by atoms with Crippen molar-refractivity contribution in [1.29, 1.82) is 0 Å². The topological polar surface area (TPSA) is 62.3 Å². The van der Waals surface area contributed by atoms with Crippen LogP contribution in [0.25, 0.3) is 0 Å². The Morgan fingerprint density at radius 3 is 2.38 bits per heavy atom. The Balaban J connectivity index is 2.83. The molecular weight excluding hydrogens is 287 g/mol. The maximum atomic E-state index is 12.4. The molecule has 116 valence electrons. The van der Waals surface area contributed by atoms with Crippen molar-refractivity contribution in [2.24, 2.45) is 0 Å². The van der Waals surface area contributed by atoms with Crippen molar-refractivity contribution in [1.82, 2.24) is 15.2 Å². The van der Waals surface area contributed by atoms with Gasteiger partial charge in [-0.15, -0.1) is 0 Å². The molecule has 21 heavy (non-hydrogen) atoms. The van der Waals surface area contributed by atoms with E-state index < -0.39 is 17.8 Å². The summed E-state index contributed by atoms with van der Waals surface area (Å²) in [7, 11) is 0. The van der Waals surface area contributed by atoms with E-state index >= 15 is 0 Å². The van der Waals surface area contributed by atoms with E-state index in [2.05, 4.69) is 10.3 Å². The third kappa shape index (κ3) is 4.73. The van der Waals surface area contributed by atoms with Crippen molar-refractivity contribution in [3.05, 3.63) is 29.6 Å². The first kappa shape index (κ1) is 16.9. The Labute approximate surface area is 120 Å². The van der Waals surface area contributed by atoms with Gasteiger partial charge in [0.2, 0.25) is 5.91 Å². The van der Waals surface area contributed by atoms with Gasteiger partial charge in [-0.1, -0.05) is 0 Å². The molecule has 1 heterocycles. The third-order valence-electron chi connectivity index (χ3n) is 2.68. The molecule has 0 aliphatic carbocycles. The van der Waals surface area contributed by atoms with E-state index in [-0.39, 0.29) is 24.6 Å². The standard InChI is InChI=1S/C13H16F3N3O2/c1-3-17-11(20)8-19(4-2)12(21)9-5-6-10(18-7-9)13(14,15)16/h5-7H,3-4,8H2,1-2H3,(H,17,20). The summed E-state index contributed by atoms with van der Waals surface area (Å²) < 4.78 is 37.2. The molecule has 0 saturated carbocycles. The Bertz CT molecular complexity index is 500. The number of carbonyl (C=O) groups is 2. The molecule has 8 heteroatoms. The lowest BCUT2D eigenvalue weighted by Gasteiger charge is -2.20. The van der Waals surface area contributed by atoms with Gasteiger partial charge in [-0.25, -0.2) is 0 Å². The molecule has 0 atom stereocenters. The minimum Gasteiger partial charge on any atom is -0.355 e. The molecule has 5 nitrogen and oxygen atoms in total. The van der Waals surface area contributed by atoms with E-state index in [0.717, 1.165) is 18.3 Å². The molecule has 1 N–H and O–H groups in total. The number of amides is 2. The zero-order chi connectivity index (χ0) is 16.0. The van der Waals surface area contributed by atoms with Crippen molar-refractivity contribution in [3.63, 3.8) is 0 Å². The van der Waals surface area contributed by atoms with Gasteiger partial charge in [0.25, 0.3) is 5.91 Å². The molecule has 0 aromatic carbocycles. The van der Waals surface area contributed by atoms with Crippen LogP contribution in [0.4, 0.5) is 13.2 Å². The molecule has 0 spiro atoms. The number of nitrogens with zero attached hydrogens (tertiary/aromatic N) is 2. The number of rotatable bonds is 5. The number of alkyl halides is 3. The van der Waals surface area contributed by atoms with Gasteiger partial charge in [-0.2, -0.15) is 13.2 Å². The second-order valence-corrected chi connectivity index (χ2v) is 4.20. The highest BCUT2D eigenvalue weighted by Gasteiger charge is 2.32. The van der Waals surface area contributed by atoms with Gasteiger partial charge in [-0.05, 0) is 26.0 Å². The minimum atomic E-state index is -4.55. The summed E-state index contributed by atoms with van der Waals surface area (Å²) in [6.07, 6.45) is -3.68. The van der Waals surface area contributed by atoms with Crippen molar-refractivity contribution in [2.45, 2.75) is 20.0 Å². The van der Waals surface area contributed by atoms with Crippen LogP contribution >= 0.6 is 0 Å². The molecule has 0 unspecified atom stereocenters. The molecule has 0 radical (unpaired) electrons. The monoisotopic (exact) mass is 303 g/mol. The summed E-state index contributed by atoms with van der Waals surface area (Å²) in [5, 5.41) is 2.55. The molecule has 0 aliphatic heterocycles. The van der Waals surface area contributed by atoms with Crippen LogP contribution in [-0.2, 0) is 11.0 Å². The van der Waals surface area contributed by atoms with Crippen LogP contribution in [0.15, 0.2) is 18.3 Å². The fourth-order valence-electron chi connectivity index (χ4n) is 1.62. The van der Waals surface area contributed by atoms with Crippen molar-refractivity contribution in [3.8, 4) is 0 Å². The molecule has 0 aliphatic rings. The molecule has 0 fully saturated rings. The van der Waals surface area contributed by atoms with Crippen LogP contribution in [0.2, 0.25) is 0 Å². The van der Waals surface area contributed by atoms with Gasteiger partial charge in [-0.3, -0.25) is 14.6 Å². The highest BCUT2D eigenvalue weighted by Crippen LogP contribution is 2.27. The van der Waals surface area contributed by atoms with Crippen LogP contribution in [0.3, 0.4) is 0 Å². The Morgan fingerprint density at radius 2 is 1.95 bits per heavy atom. The Morgan fingerprint density at radius 1 is 1.29 bits per heavy atom. The molecule has 1 aromatic heterocycles. The fourth-order valence-corrected chi connectivity index (χ4v) is 1.62. The second kappa shape index (κ2) is 7.05. The Kier molecular flexibility index (Phi) is 5.69. The van der Waals surface area contributed by atoms with E-state index in [4.69, 9.17) is 0 Å². The number of hydrogen-bond donors (Lipinski definition) is 1. The summed E-state index contributed by atoms with van der Waals surface area (Å²) in [5.41, 5.74) is -1.06. The molecular formula is C13H16F3N3O2. The number of aromatic nitrogens is 1. The largest absolute Gasteiger partial charge is 0.433 e. The summed E-state index contributed by atoms with van der Waals surface area (Å²) >= 11 is 0.